The van der Waals surface area contributed by atoms with Crippen molar-refractivity contribution in [2.75, 3.05) is 0 Å². The second kappa shape index (κ2) is 4.32. The van der Waals surface area contributed by atoms with Gasteiger partial charge in [-0.3, -0.25) is 4.98 Å². The summed E-state index contributed by atoms with van der Waals surface area (Å²) in [4.78, 5) is 3.69. The van der Waals surface area contributed by atoms with E-state index in [-0.39, 0.29) is 22.1 Å². The molecule has 0 aromatic carbocycles. The number of nitrogens with two attached hydrogens (primary N) is 1. The average molecular weight is 255 g/mol. The van der Waals surface area contributed by atoms with Gasteiger partial charge < -0.3 is 5.73 Å². The van der Waals surface area contributed by atoms with Crippen molar-refractivity contribution < 1.29 is 13.2 Å². The first-order valence-corrected chi connectivity index (χ1v) is 4.59. The molecule has 0 aliphatic carbocycles. The Kier molecular flexibility index (Phi) is 3.51. The molecule has 1 rings (SSSR count). The molecule has 0 saturated heterocycles. The zero-order chi connectivity index (χ0) is 11.6. The lowest BCUT2D eigenvalue weighted by Gasteiger charge is -2.08. The van der Waals surface area contributed by atoms with Crippen LogP contribution >= 0.6 is 23.8 Å². The van der Waals surface area contributed by atoms with Crippen LogP contribution in [0.5, 0.6) is 0 Å². The zero-order valence-corrected chi connectivity index (χ0v) is 8.88. The summed E-state index contributed by atoms with van der Waals surface area (Å²) in [5.41, 5.74) is 4.59. The molecule has 0 fully saturated rings. The van der Waals surface area contributed by atoms with E-state index in [1.165, 1.54) is 0 Å². The van der Waals surface area contributed by atoms with Crippen LogP contribution in [-0.2, 0) is 12.6 Å². The lowest BCUT2D eigenvalue weighted by Crippen LogP contribution is -2.13. The van der Waals surface area contributed by atoms with Gasteiger partial charge >= 0.3 is 6.18 Å². The van der Waals surface area contributed by atoms with Gasteiger partial charge in [-0.25, -0.2) is 0 Å². The molecule has 0 unspecified atom stereocenters. The number of pyridine rings is 1. The normalized spacial score (nSPS) is 11.5. The van der Waals surface area contributed by atoms with E-state index in [1.807, 2.05) is 0 Å². The highest BCUT2D eigenvalue weighted by Gasteiger charge is 2.31. The lowest BCUT2D eigenvalue weighted by atomic mass is 10.2. The molecule has 0 aliphatic rings. The maximum atomic E-state index is 12.2. The Morgan fingerprint density at radius 1 is 1.53 bits per heavy atom. The van der Waals surface area contributed by atoms with Gasteiger partial charge in [0.1, 0.15) is 0 Å². The van der Waals surface area contributed by atoms with Crippen LogP contribution in [0.15, 0.2) is 12.3 Å². The van der Waals surface area contributed by atoms with Crippen molar-refractivity contribution in [2.45, 2.75) is 12.6 Å². The molecule has 0 spiro atoms. The summed E-state index contributed by atoms with van der Waals surface area (Å²) < 4.78 is 36.6. The molecule has 82 valence electrons. The smallest absolute Gasteiger partial charge is 0.393 e. The van der Waals surface area contributed by atoms with Gasteiger partial charge in [0.25, 0.3) is 0 Å². The molecule has 7 heteroatoms. The fraction of sp³-hybridized carbons (Fsp3) is 0.250. The van der Waals surface area contributed by atoms with E-state index in [2.05, 4.69) is 17.2 Å². The molecular weight excluding hydrogens is 249 g/mol. The van der Waals surface area contributed by atoms with E-state index in [4.69, 9.17) is 17.3 Å². The predicted octanol–water partition coefficient (Wildman–Crippen LogP) is 2.58. The molecule has 2 nitrogen and oxygen atoms in total. The van der Waals surface area contributed by atoms with Gasteiger partial charge in [-0.1, -0.05) is 23.8 Å². The topological polar surface area (TPSA) is 38.9 Å². The Bertz CT molecular complexity index is 392. The summed E-state index contributed by atoms with van der Waals surface area (Å²) in [6.07, 6.45) is -3.65. The van der Waals surface area contributed by atoms with Crippen LogP contribution in [0.4, 0.5) is 13.2 Å². The van der Waals surface area contributed by atoms with Crippen molar-refractivity contribution in [3.8, 4) is 0 Å². The maximum absolute atomic E-state index is 12.2. The van der Waals surface area contributed by atoms with Crippen molar-refractivity contribution in [1.29, 1.82) is 0 Å². The molecule has 0 amide bonds. The van der Waals surface area contributed by atoms with Crippen LogP contribution in [0.25, 0.3) is 0 Å². The number of hydrogen-bond acceptors (Lipinski definition) is 2. The Hall–Kier alpha value is -0.880. The first kappa shape index (κ1) is 12.2. The van der Waals surface area contributed by atoms with Gasteiger partial charge in [0, 0.05) is 12.6 Å². The average Bonchev–Trinajstić information content (AvgIpc) is 2.05. The fourth-order valence-corrected chi connectivity index (χ4v) is 1.29. The van der Waals surface area contributed by atoms with Gasteiger partial charge in [-0.05, 0) is 6.07 Å². The number of hydrogen-bond donors (Lipinski definition) is 1. The Morgan fingerprint density at radius 2 is 2.13 bits per heavy atom. The minimum absolute atomic E-state index is 0.0855. The highest BCUT2D eigenvalue weighted by atomic mass is 35.5. The van der Waals surface area contributed by atoms with Crippen LogP contribution < -0.4 is 5.73 Å². The van der Waals surface area contributed by atoms with Crippen LogP contribution in [0.3, 0.4) is 0 Å². The third-order valence-corrected chi connectivity index (χ3v) is 2.06. The molecule has 0 bridgehead atoms. The summed E-state index contributed by atoms with van der Waals surface area (Å²) in [5, 5.41) is -0.0855. The van der Waals surface area contributed by atoms with Crippen LogP contribution in [0.1, 0.15) is 11.3 Å². The highest BCUT2D eigenvalue weighted by molar-refractivity contribution is 7.80. The van der Waals surface area contributed by atoms with E-state index in [0.717, 1.165) is 6.07 Å². The van der Waals surface area contributed by atoms with Crippen molar-refractivity contribution in [1.82, 2.24) is 4.98 Å². The number of nitrogens with zero attached hydrogens (tertiary/aromatic N) is 1. The predicted molar refractivity (Wildman–Crippen MR) is 54.7 cm³/mol. The standard InChI is InChI=1S/C8H6ClF3N2S/c9-5-1-4(8(10,11)12)3-14-6(5)2-7(13)15/h1,3H,2H2,(H2,13,15). The Balaban J connectivity index is 3.03. The summed E-state index contributed by atoms with van der Waals surface area (Å²) in [5.74, 6) is 0. The molecule has 0 radical (unpaired) electrons. The number of halogens is 4. The molecule has 1 aromatic rings. The SMILES string of the molecule is NC(=S)Cc1ncc(C(F)(F)F)cc1Cl. The Morgan fingerprint density at radius 3 is 2.53 bits per heavy atom. The van der Waals surface area contributed by atoms with Crippen molar-refractivity contribution in [3.05, 3.63) is 28.5 Å². The van der Waals surface area contributed by atoms with E-state index in [0.29, 0.717) is 6.20 Å². The first-order valence-electron chi connectivity index (χ1n) is 3.80. The largest absolute Gasteiger partial charge is 0.417 e. The van der Waals surface area contributed by atoms with Crippen molar-refractivity contribution in [3.63, 3.8) is 0 Å². The van der Waals surface area contributed by atoms with Gasteiger partial charge in [0.15, 0.2) is 0 Å². The van der Waals surface area contributed by atoms with E-state index in [1.54, 1.807) is 0 Å². The number of alkyl halides is 3. The summed E-state index contributed by atoms with van der Waals surface area (Å²) in [7, 11) is 0. The third kappa shape index (κ3) is 3.32. The number of aromatic nitrogens is 1. The first-order chi connectivity index (χ1) is 6.80. The van der Waals surface area contributed by atoms with Crippen molar-refractivity contribution >= 4 is 28.8 Å². The lowest BCUT2D eigenvalue weighted by molar-refractivity contribution is -0.137. The highest BCUT2D eigenvalue weighted by Crippen LogP contribution is 2.31. The number of thiocarbonyl (C=S) groups is 1. The van der Waals surface area contributed by atoms with Gasteiger partial charge in [0.2, 0.25) is 0 Å². The van der Waals surface area contributed by atoms with Crippen LogP contribution in [-0.4, -0.2) is 9.97 Å². The van der Waals surface area contributed by atoms with Gasteiger partial charge in [0.05, 0.1) is 21.3 Å². The zero-order valence-electron chi connectivity index (χ0n) is 7.31. The summed E-state index contributed by atoms with van der Waals surface area (Å²) in [6.45, 7) is 0. The minimum atomic E-state index is -4.45. The molecular formula is C8H6ClF3N2S. The molecule has 2 N–H and O–H groups in total. The van der Waals surface area contributed by atoms with E-state index < -0.39 is 11.7 Å². The summed E-state index contributed by atoms with van der Waals surface area (Å²) in [6, 6.07) is 0.808. The second-order valence-electron chi connectivity index (χ2n) is 2.79. The molecule has 0 saturated carbocycles. The monoisotopic (exact) mass is 254 g/mol. The maximum Gasteiger partial charge on any atom is 0.417 e. The van der Waals surface area contributed by atoms with Gasteiger partial charge in [-0.2, -0.15) is 13.2 Å². The molecule has 0 aliphatic heterocycles. The third-order valence-electron chi connectivity index (χ3n) is 1.59. The molecule has 15 heavy (non-hydrogen) atoms. The fourth-order valence-electron chi connectivity index (χ4n) is 0.916. The minimum Gasteiger partial charge on any atom is -0.393 e. The van der Waals surface area contributed by atoms with E-state index >= 15 is 0 Å². The van der Waals surface area contributed by atoms with E-state index in [9.17, 15) is 13.2 Å². The second-order valence-corrected chi connectivity index (χ2v) is 3.72. The molecule has 1 heterocycles. The number of rotatable bonds is 2. The van der Waals surface area contributed by atoms with Crippen molar-refractivity contribution in [2.24, 2.45) is 5.73 Å². The Labute approximate surface area is 94.2 Å². The van der Waals surface area contributed by atoms with Gasteiger partial charge in [-0.15, -0.1) is 0 Å². The van der Waals surface area contributed by atoms with Crippen LogP contribution in [0, 0.1) is 0 Å². The quantitative estimate of drug-likeness (QED) is 0.825. The molecule has 1 aromatic heterocycles. The molecule has 0 atom stereocenters. The summed E-state index contributed by atoms with van der Waals surface area (Å²) >= 11 is 10.2. The van der Waals surface area contributed by atoms with Crippen LogP contribution in [0.2, 0.25) is 5.02 Å².